The van der Waals surface area contributed by atoms with Gasteiger partial charge in [-0.2, -0.15) is 0 Å². The van der Waals surface area contributed by atoms with E-state index >= 15 is 0 Å². The van der Waals surface area contributed by atoms with Crippen LogP contribution >= 0.6 is 0 Å². The fraction of sp³-hybridized carbons (Fsp3) is 0.261. The van der Waals surface area contributed by atoms with Crippen molar-refractivity contribution in [2.45, 2.75) is 26.2 Å². The Balaban J connectivity index is 1.50. The van der Waals surface area contributed by atoms with Crippen LogP contribution in [0, 0.1) is 0 Å². The molecule has 2 amide bonds. The summed E-state index contributed by atoms with van der Waals surface area (Å²) in [4.78, 5) is 37.8. The number of esters is 1. The molecule has 1 heterocycles. The fourth-order valence-electron chi connectivity index (χ4n) is 3.07. The molecule has 0 saturated carbocycles. The predicted molar refractivity (Wildman–Crippen MR) is 111 cm³/mol. The highest BCUT2D eigenvalue weighted by atomic mass is 16.5. The van der Waals surface area contributed by atoms with Gasteiger partial charge in [0.1, 0.15) is 6.54 Å². The van der Waals surface area contributed by atoms with Crippen LogP contribution < -0.4 is 5.32 Å². The Hall–Kier alpha value is -3.41. The van der Waals surface area contributed by atoms with Crippen LogP contribution in [0.5, 0.6) is 0 Å². The van der Waals surface area contributed by atoms with Gasteiger partial charge in [-0.05, 0) is 29.2 Å². The third-order valence-corrected chi connectivity index (χ3v) is 4.73. The Morgan fingerprint density at radius 1 is 1.03 bits per heavy atom. The lowest BCUT2D eigenvalue weighted by atomic mass is 9.87. The Morgan fingerprint density at radius 3 is 2.24 bits per heavy atom. The molecule has 29 heavy (non-hydrogen) atoms. The van der Waals surface area contributed by atoms with Gasteiger partial charge in [0.2, 0.25) is 0 Å². The molecule has 150 valence electrons. The number of carbonyl (C=O) groups excluding carboxylic acids is 3. The number of nitrogens with zero attached hydrogens (tertiary/aromatic N) is 1. The zero-order chi connectivity index (χ0) is 21.2. The monoisotopic (exact) mass is 392 g/mol. The lowest BCUT2D eigenvalue weighted by Gasteiger charge is -2.19. The summed E-state index contributed by atoms with van der Waals surface area (Å²) >= 11 is 0. The average Bonchev–Trinajstić information content (AvgIpc) is 2.91. The first kappa shape index (κ1) is 20.3. The van der Waals surface area contributed by atoms with Gasteiger partial charge >= 0.3 is 5.97 Å². The number of hydrogen-bond donors (Lipinski definition) is 1. The number of rotatable bonds is 5. The highest BCUT2D eigenvalue weighted by Gasteiger charge is 2.32. The first-order chi connectivity index (χ1) is 13.7. The summed E-state index contributed by atoms with van der Waals surface area (Å²) < 4.78 is 5.03. The fourth-order valence-corrected chi connectivity index (χ4v) is 3.07. The number of hydrogen-bond acceptors (Lipinski definition) is 4. The number of anilines is 1. The maximum Gasteiger partial charge on any atom is 0.326 e. The lowest BCUT2D eigenvalue weighted by Crippen LogP contribution is -2.32. The van der Waals surface area contributed by atoms with E-state index in [4.69, 9.17) is 4.74 Å². The van der Waals surface area contributed by atoms with Crippen LogP contribution in [0.1, 0.15) is 42.3 Å². The van der Waals surface area contributed by atoms with Crippen molar-refractivity contribution in [2.24, 2.45) is 0 Å². The second-order valence-corrected chi connectivity index (χ2v) is 7.92. The van der Waals surface area contributed by atoms with Crippen molar-refractivity contribution in [1.29, 1.82) is 0 Å². The van der Waals surface area contributed by atoms with Crippen molar-refractivity contribution in [3.8, 4) is 0 Å². The van der Waals surface area contributed by atoms with Gasteiger partial charge in [0.15, 0.2) is 6.61 Å². The molecular weight excluding hydrogens is 368 g/mol. The van der Waals surface area contributed by atoms with Crippen LogP contribution in [0.25, 0.3) is 5.70 Å². The molecule has 0 aromatic heterocycles. The second-order valence-electron chi connectivity index (χ2n) is 7.92. The number of nitrogens with one attached hydrogen (secondary N) is 1. The highest BCUT2D eigenvalue weighted by Crippen LogP contribution is 2.30. The third-order valence-electron chi connectivity index (χ3n) is 4.73. The van der Waals surface area contributed by atoms with E-state index in [1.807, 2.05) is 24.3 Å². The van der Waals surface area contributed by atoms with Crippen molar-refractivity contribution >= 4 is 29.2 Å². The molecule has 1 N–H and O–H groups in total. The largest absolute Gasteiger partial charge is 0.454 e. The van der Waals surface area contributed by atoms with Crippen molar-refractivity contribution < 1.29 is 19.1 Å². The van der Waals surface area contributed by atoms with Crippen LogP contribution in [0.15, 0.2) is 55.1 Å². The van der Waals surface area contributed by atoms with Gasteiger partial charge in [-0.3, -0.25) is 19.3 Å². The summed E-state index contributed by atoms with van der Waals surface area (Å²) in [5, 5.41) is 2.69. The van der Waals surface area contributed by atoms with E-state index in [-0.39, 0.29) is 17.9 Å². The zero-order valence-electron chi connectivity index (χ0n) is 16.8. The van der Waals surface area contributed by atoms with Crippen LogP contribution in [0.2, 0.25) is 0 Å². The van der Waals surface area contributed by atoms with E-state index in [1.54, 1.807) is 24.3 Å². The molecule has 6 nitrogen and oxygen atoms in total. The molecule has 3 rings (SSSR count). The van der Waals surface area contributed by atoms with Gasteiger partial charge in [0, 0.05) is 22.5 Å². The van der Waals surface area contributed by atoms with E-state index in [2.05, 4.69) is 32.7 Å². The SMILES string of the molecule is C=C1c2ccccc2C(=O)N1CC(=O)OCC(=O)Nc1ccc(C(C)(C)C)cc1. The molecule has 2 aromatic carbocycles. The predicted octanol–water partition coefficient (Wildman–Crippen LogP) is 3.59. The summed E-state index contributed by atoms with van der Waals surface area (Å²) in [5.41, 5.74) is 3.44. The minimum atomic E-state index is -0.675. The van der Waals surface area contributed by atoms with E-state index in [0.29, 0.717) is 22.5 Å². The normalized spacial score (nSPS) is 13.3. The molecule has 1 aliphatic rings. The zero-order valence-corrected chi connectivity index (χ0v) is 16.8. The van der Waals surface area contributed by atoms with E-state index < -0.39 is 18.5 Å². The Labute approximate surface area is 170 Å². The molecule has 0 atom stereocenters. The molecule has 0 saturated heterocycles. The smallest absolute Gasteiger partial charge is 0.326 e. The second kappa shape index (κ2) is 7.91. The molecule has 0 unspecified atom stereocenters. The molecule has 0 radical (unpaired) electrons. The molecular formula is C23H24N2O4. The number of benzene rings is 2. The number of ether oxygens (including phenoxy) is 1. The minimum Gasteiger partial charge on any atom is -0.454 e. The van der Waals surface area contributed by atoms with Crippen molar-refractivity contribution in [1.82, 2.24) is 4.90 Å². The molecule has 0 fully saturated rings. The molecule has 2 aromatic rings. The summed E-state index contributed by atoms with van der Waals surface area (Å²) in [5.74, 6) is -1.42. The maximum absolute atomic E-state index is 12.4. The van der Waals surface area contributed by atoms with Gasteiger partial charge in [-0.25, -0.2) is 0 Å². The topological polar surface area (TPSA) is 75.7 Å². The highest BCUT2D eigenvalue weighted by molar-refractivity contribution is 6.10. The van der Waals surface area contributed by atoms with Crippen molar-refractivity contribution in [2.75, 3.05) is 18.5 Å². The number of carbonyl (C=O) groups is 3. The Kier molecular flexibility index (Phi) is 5.55. The van der Waals surface area contributed by atoms with Crippen LogP contribution in [0.3, 0.4) is 0 Å². The molecule has 0 spiro atoms. The van der Waals surface area contributed by atoms with E-state index in [1.165, 1.54) is 4.90 Å². The summed E-state index contributed by atoms with van der Waals surface area (Å²) in [6.07, 6.45) is 0. The van der Waals surface area contributed by atoms with E-state index in [0.717, 1.165) is 5.56 Å². The summed E-state index contributed by atoms with van der Waals surface area (Å²) in [6.45, 7) is 9.48. The quantitative estimate of drug-likeness (QED) is 0.789. The van der Waals surface area contributed by atoms with Gasteiger partial charge in [-0.15, -0.1) is 0 Å². The van der Waals surface area contributed by atoms with Crippen LogP contribution in [0.4, 0.5) is 5.69 Å². The minimum absolute atomic E-state index is 0.0226. The van der Waals surface area contributed by atoms with Crippen LogP contribution in [-0.2, 0) is 19.7 Å². The molecule has 6 heteroatoms. The van der Waals surface area contributed by atoms with Gasteiger partial charge in [-0.1, -0.05) is 57.7 Å². The standard InChI is InChI=1S/C23H24N2O4/c1-15-18-7-5-6-8-19(18)22(28)25(15)13-21(27)29-14-20(26)24-17-11-9-16(10-12-17)23(2,3)4/h5-12H,1,13-14H2,2-4H3,(H,24,26). The average molecular weight is 392 g/mol. The van der Waals surface area contributed by atoms with Crippen molar-refractivity contribution in [3.05, 3.63) is 71.8 Å². The Morgan fingerprint density at radius 2 is 1.66 bits per heavy atom. The summed E-state index contributed by atoms with van der Waals surface area (Å²) in [7, 11) is 0. The van der Waals surface area contributed by atoms with Gasteiger partial charge in [0.05, 0.1) is 0 Å². The molecule has 0 bridgehead atoms. The first-order valence-corrected chi connectivity index (χ1v) is 9.33. The third kappa shape index (κ3) is 4.54. The molecule has 0 aliphatic carbocycles. The lowest BCUT2D eigenvalue weighted by molar-refractivity contribution is -0.147. The van der Waals surface area contributed by atoms with Crippen molar-refractivity contribution in [3.63, 3.8) is 0 Å². The number of fused-ring (bicyclic) bond motifs is 1. The van der Waals surface area contributed by atoms with Gasteiger partial charge in [0.25, 0.3) is 11.8 Å². The van der Waals surface area contributed by atoms with Gasteiger partial charge < -0.3 is 10.1 Å². The summed E-state index contributed by atoms with van der Waals surface area (Å²) in [6, 6.07) is 14.5. The Bertz CT molecular complexity index is 936. The first-order valence-electron chi connectivity index (χ1n) is 9.33. The van der Waals surface area contributed by atoms with E-state index in [9.17, 15) is 14.4 Å². The number of amides is 2. The van der Waals surface area contributed by atoms with Crippen LogP contribution in [-0.4, -0.2) is 35.8 Å². The maximum atomic E-state index is 12.4. The molecule has 1 aliphatic heterocycles.